The van der Waals surface area contributed by atoms with Gasteiger partial charge >= 0.3 is 12.2 Å². The molecule has 1 aromatic carbocycles. The molecule has 4 nitrogen and oxygen atoms in total. The number of anilines is 1. The highest BCUT2D eigenvalue weighted by Gasteiger charge is 2.35. The number of likely N-dealkylation sites (tertiary alicyclic amines) is 1. The molecule has 2 atom stereocenters. The van der Waals surface area contributed by atoms with Gasteiger partial charge in [0.1, 0.15) is 5.82 Å². The highest BCUT2D eigenvalue weighted by molar-refractivity contribution is 5.89. The van der Waals surface area contributed by atoms with Crippen LogP contribution in [-0.2, 0) is 6.18 Å². The van der Waals surface area contributed by atoms with Gasteiger partial charge in [-0.1, -0.05) is 30.9 Å². The number of rotatable bonds is 7. The zero-order valence-corrected chi connectivity index (χ0v) is 18.0. The van der Waals surface area contributed by atoms with Gasteiger partial charge in [0.15, 0.2) is 0 Å². The molecule has 0 aliphatic carbocycles. The average molecular weight is 439 g/mol. The van der Waals surface area contributed by atoms with E-state index < -0.39 is 23.6 Å². The molecule has 2 rings (SSSR count). The van der Waals surface area contributed by atoms with Gasteiger partial charge in [-0.15, -0.1) is 0 Å². The number of benzene rings is 1. The second kappa shape index (κ2) is 10.6. The minimum absolute atomic E-state index is 0.0727. The van der Waals surface area contributed by atoms with Gasteiger partial charge < -0.3 is 10.2 Å². The molecule has 2 amide bonds. The van der Waals surface area contributed by atoms with E-state index in [4.69, 9.17) is 0 Å². The fraction of sp³-hybridized carbons (Fsp3) is 0.435. The molecular weight excluding hydrogens is 410 g/mol. The van der Waals surface area contributed by atoms with Crippen molar-refractivity contribution in [2.24, 2.45) is 0 Å². The molecule has 2 unspecified atom stereocenters. The summed E-state index contributed by atoms with van der Waals surface area (Å²) in [5.41, 5.74) is -0.356. The molecular formula is C23H29F4N3O. The topological polar surface area (TPSA) is 35.6 Å². The fourth-order valence-electron chi connectivity index (χ4n) is 3.82. The largest absolute Gasteiger partial charge is 0.419 e. The standard InChI is InChI=1S/C23H29F4N3O/c1-5-8-9-17(6-2)16(4)29-13-12-19(15-29)30(7-3)22(31)28-18-10-11-21(24)20(14-18)23(25,26)27/h5-6,8-11,14,16,19H,1,7,12-13,15H2,2-4H3,(H,28,31). The number of carbonyl (C=O) groups excluding carboxylic acids is 1. The maximum Gasteiger partial charge on any atom is 0.419 e. The van der Waals surface area contributed by atoms with Gasteiger partial charge in [-0.25, -0.2) is 9.18 Å². The van der Waals surface area contributed by atoms with Gasteiger partial charge in [0.05, 0.1) is 5.56 Å². The van der Waals surface area contributed by atoms with Crippen molar-refractivity contribution in [2.75, 3.05) is 25.0 Å². The van der Waals surface area contributed by atoms with Crippen LogP contribution in [0.2, 0.25) is 0 Å². The van der Waals surface area contributed by atoms with Crippen LogP contribution in [0.4, 0.5) is 28.0 Å². The number of amides is 2. The van der Waals surface area contributed by atoms with E-state index in [0.717, 1.165) is 24.6 Å². The van der Waals surface area contributed by atoms with E-state index in [-0.39, 0.29) is 17.8 Å². The molecule has 1 saturated heterocycles. The second-order valence-corrected chi connectivity index (χ2v) is 7.41. The number of hydrogen-bond acceptors (Lipinski definition) is 2. The third kappa shape index (κ3) is 6.19. The molecule has 0 saturated carbocycles. The van der Waals surface area contributed by atoms with E-state index in [2.05, 4.69) is 23.7 Å². The number of halogens is 4. The first kappa shape index (κ1) is 24.7. The van der Waals surface area contributed by atoms with Crippen LogP contribution in [0.25, 0.3) is 0 Å². The van der Waals surface area contributed by atoms with E-state index >= 15 is 0 Å². The highest BCUT2D eigenvalue weighted by Crippen LogP contribution is 2.33. The Bertz CT molecular complexity index is 848. The Morgan fingerprint density at radius 2 is 2.13 bits per heavy atom. The molecule has 0 radical (unpaired) electrons. The lowest BCUT2D eigenvalue weighted by atomic mass is 10.1. The Morgan fingerprint density at radius 1 is 1.42 bits per heavy atom. The lowest BCUT2D eigenvalue weighted by Crippen LogP contribution is -2.45. The van der Waals surface area contributed by atoms with E-state index in [9.17, 15) is 22.4 Å². The SMILES string of the molecule is C=CC=CC(=CC)C(C)N1CCC(N(CC)C(=O)Nc2ccc(F)c(C(F)(F)F)c2)C1. The van der Waals surface area contributed by atoms with E-state index in [0.29, 0.717) is 25.2 Å². The summed E-state index contributed by atoms with van der Waals surface area (Å²) in [6.45, 7) is 11.4. The third-order valence-electron chi connectivity index (χ3n) is 5.55. The summed E-state index contributed by atoms with van der Waals surface area (Å²) >= 11 is 0. The van der Waals surface area contributed by atoms with Gasteiger partial charge in [-0.2, -0.15) is 13.2 Å². The number of alkyl halides is 3. The maximum atomic E-state index is 13.5. The quantitative estimate of drug-likeness (QED) is 0.427. The van der Waals surface area contributed by atoms with E-state index in [1.165, 1.54) is 0 Å². The van der Waals surface area contributed by atoms with Gasteiger partial charge in [0.2, 0.25) is 0 Å². The van der Waals surface area contributed by atoms with Crippen molar-refractivity contribution in [3.63, 3.8) is 0 Å². The van der Waals surface area contributed by atoms with Crippen molar-refractivity contribution in [1.82, 2.24) is 9.80 Å². The number of hydrogen-bond donors (Lipinski definition) is 1. The van der Waals surface area contributed by atoms with Crippen molar-refractivity contribution in [3.8, 4) is 0 Å². The molecule has 1 aromatic rings. The summed E-state index contributed by atoms with van der Waals surface area (Å²) in [5.74, 6) is -1.37. The van der Waals surface area contributed by atoms with Crippen molar-refractivity contribution >= 4 is 11.7 Å². The number of nitrogens with one attached hydrogen (secondary N) is 1. The lowest BCUT2D eigenvalue weighted by molar-refractivity contribution is -0.139. The van der Waals surface area contributed by atoms with Crippen molar-refractivity contribution in [3.05, 3.63) is 66.0 Å². The molecule has 1 heterocycles. The molecule has 31 heavy (non-hydrogen) atoms. The summed E-state index contributed by atoms with van der Waals surface area (Å²) in [7, 11) is 0. The molecule has 1 N–H and O–H groups in total. The van der Waals surface area contributed by atoms with E-state index in [1.54, 1.807) is 11.0 Å². The first-order valence-electron chi connectivity index (χ1n) is 10.3. The summed E-state index contributed by atoms with van der Waals surface area (Å²) in [4.78, 5) is 16.6. The highest BCUT2D eigenvalue weighted by atomic mass is 19.4. The van der Waals surface area contributed by atoms with Gasteiger partial charge in [0.25, 0.3) is 0 Å². The first-order valence-corrected chi connectivity index (χ1v) is 10.3. The van der Waals surface area contributed by atoms with Crippen LogP contribution in [0.1, 0.15) is 32.8 Å². The minimum atomic E-state index is -4.83. The summed E-state index contributed by atoms with van der Waals surface area (Å²) < 4.78 is 52.3. The number of nitrogens with zero attached hydrogens (tertiary/aromatic N) is 2. The number of allylic oxidation sites excluding steroid dienone is 3. The Balaban J connectivity index is 2.09. The third-order valence-corrected chi connectivity index (χ3v) is 5.55. The van der Waals surface area contributed by atoms with Crippen LogP contribution in [-0.4, -0.2) is 47.5 Å². The summed E-state index contributed by atoms with van der Waals surface area (Å²) in [6.07, 6.45) is 3.55. The smallest absolute Gasteiger partial charge is 0.320 e. The van der Waals surface area contributed by atoms with Crippen LogP contribution in [0.3, 0.4) is 0 Å². The zero-order valence-electron chi connectivity index (χ0n) is 18.0. The van der Waals surface area contributed by atoms with Crippen LogP contribution in [0.5, 0.6) is 0 Å². The second-order valence-electron chi connectivity index (χ2n) is 7.41. The monoisotopic (exact) mass is 439 g/mol. The van der Waals surface area contributed by atoms with E-state index in [1.807, 2.05) is 32.1 Å². The molecule has 0 aromatic heterocycles. The molecule has 0 spiro atoms. The Kier molecular flexibility index (Phi) is 8.44. The van der Waals surface area contributed by atoms with Crippen LogP contribution >= 0.6 is 0 Å². The number of urea groups is 1. The van der Waals surface area contributed by atoms with Crippen molar-refractivity contribution in [2.45, 2.75) is 45.5 Å². The predicted molar refractivity (Wildman–Crippen MR) is 115 cm³/mol. The molecule has 1 aliphatic rings. The minimum Gasteiger partial charge on any atom is -0.320 e. The Labute approximate surface area is 180 Å². The van der Waals surface area contributed by atoms with Crippen LogP contribution in [0, 0.1) is 5.82 Å². The Morgan fingerprint density at radius 3 is 2.71 bits per heavy atom. The van der Waals surface area contributed by atoms with Crippen molar-refractivity contribution < 1.29 is 22.4 Å². The van der Waals surface area contributed by atoms with Gasteiger partial charge in [0, 0.05) is 37.4 Å². The molecule has 170 valence electrons. The predicted octanol–water partition coefficient (Wildman–Crippen LogP) is 5.85. The first-order chi connectivity index (χ1) is 14.6. The Hall–Kier alpha value is -2.61. The fourth-order valence-corrected chi connectivity index (χ4v) is 3.82. The molecule has 0 bridgehead atoms. The number of carbonyl (C=O) groups is 1. The molecule has 1 aliphatic heterocycles. The number of likely N-dealkylation sites (N-methyl/N-ethyl adjacent to an activating group) is 1. The molecule has 8 heteroatoms. The van der Waals surface area contributed by atoms with Gasteiger partial charge in [-0.3, -0.25) is 4.90 Å². The molecule has 1 fully saturated rings. The summed E-state index contributed by atoms with van der Waals surface area (Å²) in [6, 6.07) is 2.04. The zero-order chi connectivity index (χ0) is 23.2. The van der Waals surface area contributed by atoms with Crippen LogP contribution in [0.15, 0.2) is 54.7 Å². The van der Waals surface area contributed by atoms with Crippen LogP contribution < -0.4 is 5.32 Å². The average Bonchev–Trinajstić information content (AvgIpc) is 3.19. The van der Waals surface area contributed by atoms with Crippen molar-refractivity contribution in [1.29, 1.82) is 0 Å². The lowest BCUT2D eigenvalue weighted by Gasteiger charge is -2.30. The van der Waals surface area contributed by atoms with Gasteiger partial charge in [-0.05, 0) is 51.0 Å². The maximum absolute atomic E-state index is 13.5. The summed E-state index contributed by atoms with van der Waals surface area (Å²) in [5, 5.41) is 2.48. The normalized spacial score (nSPS) is 18.9.